The summed E-state index contributed by atoms with van der Waals surface area (Å²) in [5, 5.41) is 3.16. The molecule has 1 atom stereocenters. The lowest BCUT2D eigenvalue weighted by Crippen LogP contribution is -2.52. The monoisotopic (exact) mass is 442 g/mol. The Morgan fingerprint density at radius 3 is 2.43 bits per heavy atom. The van der Waals surface area contributed by atoms with Gasteiger partial charge in [-0.15, -0.1) is 0 Å². The van der Waals surface area contributed by atoms with E-state index in [0.717, 1.165) is 56.7 Å². The Labute approximate surface area is 175 Å². The predicted molar refractivity (Wildman–Crippen MR) is 118 cm³/mol. The Balaban J connectivity index is 1.21. The molecule has 1 N–H and O–H groups in total. The molecule has 0 saturated carbocycles. The van der Waals surface area contributed by atoms with Crippen LogP contribution < -0.4 is 15.1 Å². The van der Waals surface area contributed by atoms with Crippen molar-refractivity contribution in [2.45, 2.75) is 6.42 Å². The van der Waals surface area contributed by atoms with Gasteiger partial charge in [0.05, 0.1) is 0 Å². The molecule has 6 heteroatoms. The molecule has 2 aliphatic heterocycles. The van der Waals surface area contributed by atoms with E-state index in [1.165, 1.54) is 11.4 Å². The van der Waals surface area contributed by atoms with Crippen molar-refractivity contribution in [2.24, 2.45) is 5.92 Å². The second kappa shape index (κ2) is 8.86. The topological polar surface area (TPSA) is 38.8 Å². The summed E-state index contributed by atoms with van der Waals surface area (Å²) < 4.78 is 1.11. The van der Waals surface area contributed by atoms with Crippen LogP contribution in [-0.4, -0.2) is 56.7 Å². The summed E-state index contributed by atoms with van der Waals surface area (Å²) in [6.07, 6.45) is 1.12. The molecule has 2 aromatic rings. The minimum atomic E-state index is 0.0774. The van der Waals surface area contributed by atoms with E-state index in [9.17, 15) is 4.79 Å². The Kier molecular flexibility index (Phi) is 6.05. The van der Waals surface area contributed by atoms with Crippen molar-refractivity contribution in [2.75, 3.05) is 55.6 Å². The molecule has 0 radical (unpaired) electrons. The van der Waals surface area contributed by atoms with Gasteiger partial charge in [-0.25, -0.2) is 4.79 Å². The van der Waals surface area contributed by atoms with Crippen LogP contribution in [0.2, 0.25) is 0 Å². The number of rotatable bonds is 4. The summed E-state index contributed by atoms with van der Waals surface area (Å²) in [7, 11) is 0. The molecule has 2 heterocycles. The molecule has 1 unspecified atom stereocenters. The molecule has 0 aromatic heterocycles. The average Bonchev–Trinajstić information content (AvgIpc) is 3.22. The van der Waals surface area contributed by atoms with Crippen LogP contribution in [0.15, 0.2) is 59.1 Å². The summed E-state index contributed by atoms with van der Waals surface area (Å²) in [6, 6.07) is 18.9. The number of piperazine rings is 1. The fourth-order valence-corrected chi connectivity index (χ4v) is 4.44. The number of halogens is 1. The van der Waals surface area contributed by atoms with Crippen LogP contribution in [0.25, 0.3) is 0 Å². The van der Waals surface area contributed by atoms with Crippen molar-refractivity contribution >= 4 is 33.3 Å². The normalized spacial score (nSPS) is 19.8. The van der Waals surface area contributed by atoms with E-state index < -0.39 is 0 Å². The third-order valence-corrected chi connectivity index (χ3v) is 6.18. The van der Waals surface area contributed by atoms with Crippen molar-refractivity contribution in [1.82, 2.24) is 10.2 Å². The quantitative estimate of drug-likeness (QED) is 0.782. The van der Waals surface area contributed by atoms with Crippen LogP contribution in [0.4, 0.5) is 16.2 Å². The molecule has 4 rings (SSSR count). The lowest BCUT2D eigenvalue weighted by molar-refractivity contribution is 0.193. The molecule has 0 spiro atoms. The summed E-state index contributed by atoms with van der Waals surface area (Å²) in [4.78, 5) is 19.3. The van der Waals surface area contributed by atoms with Crippen LogP contribution in [-0.2, 0) is 0 Å². The Bertz CT molecular complexity index is 792. The summed E-state index contributed by atoms with van der Waals surface area (Å²) in [6.45, 7) is 6.12. The van der Waals surface area contributed by atoms with Crippen molar-refractivity contribution in [3.63, 3.8) is 0 Å². The van der Waals surface area contributed by atoms with Crippen LogP contribution in [0.3, 0.4) is 0 Å². The first-order chi connectivity index (χ1) is 13.7. The van der Waals surface area contributed by atoms with Crippen molar-refractivity contribution in [3.8, 4) is 0 Å². The van der Waals surface area contributed by atoms with E-state index in [0.29, 0.717) is 5.92 Å². The van der Waals surface area contributed by atoms with E-state index in [1.54, 1.807) is 0 Å². The number of amides is 2. The largest absolute Gasteiger partial charge is 0.371 e. The van der Waals surface area contributed by atoms with Crippen molar-refractivity contribution in [3.05, 3.63) is 59.1 Å². The highest BCUT2D eigenvalue weighted by atomic mass is 79.9. The number of carbonyl (C=O) groups excluding carboxylic acids is 1. The zero-order valence-electron chi connectivity index (χ0n) is 16.1. The number of nitrogens with one attached hydrogen (secondary N) is 1. The fourth-order valence-electron chi connectivity index (χ4n) is 4.06. The molecular weight excluding hydrogens is 416 g/mol. The Morgan fingerprint density at radius 2 is 1.68 bits per heavy atom. The maximum Gasteiger partial charge on any atom is 0.317 e. The van der Waals surface area contributed by atoms with Gasteiger partial charge in [0.25, 0.3) is 0 Å². The highest BCUT2D eigenvalue weighted by molar-refractivity contribution is 9.10. The lowest BCUT2D eigenvalue weighted by atomic mass is 10.1. The molecular formula is C22H27BrN4O. The smallest absolute Gasteiger partial charge is 0.317 e. The van der Waals surface area contributed by atoms with E-state index >= 15 is 0 Å². The van der Waals surface area contributed by atoms with E-state index in [-0.39, 0.29) is 6.03 Å². The predicted octanol–water partition coefficient (Wildman–Crippen LogP) is 3.81. The van der Waals surface area contributed by atoms with Gasteiger partial charge in [-0.3, -0.25) is 0 Å². The molecule has 2 aliphatic rings. The van der Waals surface area contributed by atoms with Crippen molar-refractivity contribution < 1.29 is 4.79 Å². The van der Waals surface area contributed by atoms with Gasteiger partial charge in [-0.2, -0.15) is 0 Å². The number of nitrogens with zero attached hydrogens (tertiary/aromatic N) is 3. The van der Waals surface area contributed by atoms with Crippen LogP contribution in [0.5, 0.6) is 0 Å². The van der Waals surface area contributed by atoms with Gasteiger partial charge < -0.3 is 20.0 Å². The van der Waals surface area contributed by atoms with Crippen LogP contribution in [0, 0.1) is 5.92 Å². The average molecular weight is 443 g/mol. The molecule has 148 valence electrons. The number of hydrogen-bond acceptors (Lipinski definition) is 3. The molecule has 0 aliphatic carbocycles. The summed E-state index contributed by atoms with van der Waals surface area (Å²) in [5.41, 5.74) is 2.49. The number of hydrogen-bond donors (Lipinski definition) is 1. The second-order valence-electron chi connectivity index (χ2n) is 7.58. The van der Waals surface area contributed by atoms with E-state index in [1.807, 2.05) is 11.0 Å². The molecule has 5 nitrogen and oxygen atoms in total. The fraction of sp³-hybridized carbons (Fsp3) is 0.409. The number of benzene rings is 2. The summed E-state index contributed by atoms with van der Waals surface area (Å²) in [5.74, 6) is 0.508. The minimum absolute atomic E-state index is 0.0774. The molecule has 2 fully saturated rings. The highest BCUT2D eigenvalue weighted by Gasteiger charge is 2.25. The standard InChI is InChI=1S/C22H27BrN4O/c23-19-5-4-8-21(15-19)27-10-9-18(17-27)16-24-22(28)26-13-11-25(12-14-26)20-6-2-1-3-7-20/h1-8,15,18H,9-14,16-17H2,(H,24,28). The van der Waals surface area contributed by atoms with Gasteiger partial charge in [-0.1, -0.05) is 40.2 Å². The zero-order valence-corrected chi connectivity index (χ0v) is 17.6. The number of para-hydroxylation sites is 1. The highest BCUT2D eigenvalue weighted by Crippen LogP contribution is 2.26. The number of carbonyl (C=O) groups is 1. The minimum Gasteiger partial charge on any atom is -0.371 e. The summed E-state index contributed by atoms with van der Waals surface area (Å²) >= 11 is 3.54. The van der Waals surface area contributed by atoms with Gasteiger partial charge in [0, 0.05) is 61.7 Å². The van der Waals surface area contributed by atoms with E-state index in [4.69, 9.17) is 0 Å². The maximum atomic E-state index is 12.6. The second-order valence-corrected chi connectivity index (χ2v) is 8.49. The van der Waals surface area contributed by atoms with Crippen LogP contribution in [0.1, 0.15) is 6.42 Å². The molecule has 2 saturated heterocycles. The lowest BCUT2D eigenvalue weighted by Gasteiger charge is -2.36. The first-order valence-electron chi connectivity index (χ1n) is 10.0. The van der Waals surface area contributed by atoms with Gasteiger partial charge in [-0.05, 0) is 42.7 Å². The molecule has 2 amide bonds. The SMILES string of the molecule is O=C(NCC1CCN(c2cccc(Br)c2)C1)N1CCN(c2ccccc2)CC1. The number of anilines is 2. The molecule has 2 aromatic carbocycles. The van der Waals surface area contributed by atoms with Crippen LogP contribution >= 0.6 is 15.9 Å². The first kappa shape index (κ1) is 19.1. The van der Waals surface area contributed by atoms with Gasteiger partial charge in [0.2, 0.25) is 0 Å². The first-order valence-corrected chi connectivity index (χ1v) is 10.8. The molecule has 28 heavy (non-hydrogen) atoms. The Hall–Kier alpha value is -2.21. The van der Waals surface area contributed by atoms with Gasteiger partial charge in [0.1, 0.15) is 0 Å². The molecule has 0 bridgehead atoms. The van der Waals surface area contributed by atoms with Gasteiger partial charge >= 0.3 is 6.03 Å². The Morgan fingerprint density at radius 1 is 0.929 bits per heavy atom. The van der Waals surface area contributed by atoms with E-state index in [2.05, 4.69) is 79.6 Å². The third-order valence-electron chi connectivity index (χ3n) is 5.69. The zero-order chi connectivity index (χ0) is 19.3. The number of urea groups is 1. The van der Waals surface area contributed by atoms with Crippen molar-refractivity contribution in [1.29, 1.82) is 0 Å². The third kappa shape index (κ3) is 4.61. The van der Waals surface area contributed by atoms with Gasteiger partial charge in [0.15, 0.2) is 0 Å². The maximum absolute atomic E-state index is 12.6.